The van der Waals surface area contributed by atoms with E-state index in [0.717, 1.165) is 22.2 Å². The lowest BCUT2D eigenvalue weighted by Crippen LogP contribution is -2.16. The van der Waals surface area contributed by atoms with Crippen LogP contribution in [0, 0.1) is 18.3 Å². The van der Waals surface area contributed by atoms with Gasteiger partial charge in [0, 0.05) is 16.6 Å². The SMILES string of the molecule is Cc1ncc(C#N)nc1C(=O)Nc1ccc2[nH]nc(-c3ccoc3)c2c1. The molecule has 4 rings (SSSR count). The van der Waals surface area contributed by atoms with Gasteiger partial charge in [0.2, 0.25) is 0 Å². The Morgan fingerprint density at radius 3 is 3.00 bits per heavy atom. The van der Waals surface area contributed by atoms with E-state index in [9.17, 15) is 4.79 Å². The zero-order valence-corrected chi connectivity index (χ0v) is 13.6. The number of carbonyl (C=O) groups is 1. The standard InChI is InChI=1S/C18H12N6O2/c1-10-16(21-13(7-19)8-20-10)18(25)22-12-2-3-15-14(6-12)17(24-23-15)11-4-5-26-9-11/h2-6,8-9H,1H3,(H,22,25)(H,23,24). The molecular formula is C18H12N6O2. The fraction of sp³-hybridized carbons (Fsp3) is 0.0556. The smallest absolute Gasteiger partial charge is 0.276 e. The first-order valence-corrected chi connectivity index (χ1v) is 7.71. The highest BCUT2D eigenvalue weighted by atomic mass is 16.3. The maximum Gasteiger partial charge on any atom is 0.276 e. The second-order valence-electron chi connectivity index (χ2n) is 5.60. The van der Waals surface area contributed by atoms with Crippen LogP contribution in [0.3, 0.4) is 0 Å². The number of carbonyl (C=O) groups excluding carboxylic acids is 1. The first-order chi connectivity index (χ1) is 12.7. The number of anilines is 1. The molecule has 0 atom stereocenters. The molecule has 8 heteroatoms. The maximum atomic E-state index is 12.5. The molecule has 0 spiro atoms. The van der Waals surface area contributed by atoms with Crippen molar-refractivity contribution in [2.45, 2.75) is 6.92 Å². The number of furan rings is 1. The Bertz CT molecular complexity index is 1150. The van der Waals surface area contributed by atoms with Gasteiger partial charge in [0.05, 0.1) is 29.9 Å². The van der Waals surface area contributed by atoms with Crippen LogP contribution in [0.2, 0.25) is 0 Å². The molecule has 1 aromatic carbocycles. The number of hydrogen-bond acceptors (Lipinski definition) is 6. The van der Waals surface area contributed by atoms with Crippen LogP contribution in [0.25, 0.3) is 22.2 Å². The van der Waals surface area contributed by atoms with Crippen LogP contribution in [0.1, 0.15) is 21.9 Å². The zero-order chi connectivity index (χ0) is 18.1. The summed E-state index contributed by atoms with van der Waals surface area (Å²) in [5.74, 6) is -0.431. The van der Waals surface area contributed by atoms with E-state index in [1.54, 1.807) is 25.5 Å². The van der Waals surface area contributed by atoms with Gasteiger partial charge < -0.3 is 9.73 Å². The summed E-state index contributed by atoms with van der Waals surface area (Å²) < 4.78 is 5.11. The van der Waals surface area contributed by atoms with E-state index in [2.05, 4.69) is 25.5 Å². The number of nitrogens with zero attached hydrogens (tertiary/aromatic N) is 4. The number of aryl methyl sites for hydroxylation is 1. The minimum absolute atomic E-state index is 0.0910. The Morgan fingerprint density at radius 2 is 2.23 bits per heavy atom. The molecule has 0 fully saturated rings. The summed E-state index contributed by atoms with van der Waals surface area (Å²) >= 11 is 0. The van der Waals surface area contributed by atoms with E-state index in [1.165, 1.54) is 6.20 Å². The van der Waals surface area contributed by atoms with Gasteiger partial charge in [0.1, 0.15) is 11.8 Å². The lowest BCUT2D eigenvalue weighted by Gasteiger charge is -2.07. The monoisotopic (exact) mass is 344 g/mol. The number of aromatic nitrogens is 4. The molecule has 0 aliphatic rings. The zero-order valence-electron chi connectivity index (χ0n) is 13.6. The molecule has 3 heterocycles. The fourth-order valence-electron chi connectivity index (χ4n) is 2.62. The molecule has 0 saturated carbocycles. The summed E-state index contributed by atoms with van der Waals surface area (Å²) in [4.78, 5) is 20.6. The van der Waals surface area contributed by atoms with Crippen molar-refractivity contribution < 1.29 is 9.21 Å². The first kappa shape index (κ1) is 15.5. The van der Waals surface area contributed by atoms with Crippen molar-refractivity contribution in [1.29, 1.82) is 5.26 Å². The number of nitriles is 1. The van der Waals surface area contributed by atoms with Crippen molar-refractivity contribution in [2.24, 2.45) is 0 Å². The van der Waals surface area contributed by atoms with E-state index in [-0.39, 0.29) is 11.4 Å². The van der Waals surface area contributed by atoms with Gasteiger partial charge in [-0.25, -0.2) is 4.98 Å². The highest BCUT2D eigenvalue weighted by Gasteiger charge is 2.15. The van der Waals surface area contributed by atoms with E-state index < -0.39 is 5.91 Å². The van der Waals surface area contributed by atoms with Gasteiger partial charge in [-0.15, -0.1) is 0 Å². The van der Waals surface area contributed by atoms with E-state index >= 15 is 0 Å². The highest BCUT2D eigenvalue weighted by Crippen LogP contribution is 2.28. The summed E-state index contributed by atoms with van der Waals surface area (Å²) in [6.45, 7) is 1.67. The molecule has 0 unspecified atom stereocenters. The molecule has 0 aliphatic carbocycles. The quantitative estimate of drug-likeness (QED) is 0.589. The van der Waals surface area contributed by atoms with Crippen LogP contribution in [-0.2, 0) is 0 Å². The minimum atomic E-state index is -0.431. The molecule has 0 bridgehead atoms. The van der Waals surface area contributed by atoms with Gasteiger partial charge >= 0.3 is 0 Å². The molecule has 26 heavy (non-hydrogen) atoms. The van der Waals surface area contributed by atoms with E-state index in [4.69, 9.17) is 9.68 Å². The number of fused-ring (bicyclic) bond motifs is 1. The summed E-state index contributed by atoms with van der Waals surface area (Å²) in [6, 6.07) is 9.09. The third-order valence-corrected chi connectivity index (χ3v) is 3.90. The van der Waals surface area contributed by atoms with E-state index in [1.807, 2.05) is 24.3 Å². The van der Waals surface area contributed by atoms with Crippen LogP contribution in [0.4, 0.5) is 5.69 Å². The van der Waals surface area contributed by atoms with Gasteiger partial charge in [0.15, 0.2) is 11.4 Å². The average Bonchev–Trinajstić information content (AvgIpc) is 3.31. The van der Waals surface area contributed by atoms with Gasteiger partial charge in [-0.05, 0) is 31.2 Å². The lowest BCUT2D eigenvalue weighted by molar-refractivity contribution is 0.102. The molecule has 1 amide bonds. The van der Waals surface area contributed by atoms with Crippen LogP contribution in [0.5, 0.6) is 0 Å². The number of nitrogens with one attached hydrogen (secondary N) is 2. The Balaban J connectivity index is 1.69. The van der Waals surface area contributed by atoms with Crippen molar-refractivity contribution in [1.82, 2.24) is 20.2 Å². The van der Waals surface area contributed by atoms with Gasteiger partial charge in [-0.3, -0.25) is 14.9 Å². The van der Waals surface area contributed by atoms with Crippen LogP contribution < -0.4 is 5.32 Å². The highest BCUT2D eigenvalue weighted by molar-refractivity contribution is 6.05. The first-order valence-electron chi connectivity index (χ1n) is 7.71. The normalized spacial score (nSPS) is 10.6. The molecule has 126 valence electrons. The molecular weight excluding hydrogens is 332 g/mol. The minimum Gasteiger partial charge on any atom is -0.472 e. The molecule has 4 aromatic rings. The summed E-state index contributed by atoms with van der Waals surface area (Å²) in [6.07, 6.45) is 4.51. The second kappa shape index (κ2) is 6.14. The van der Waals surface area contributed by atoms with Crippen molar-refractivity contribution in [3.63, 3.8) is 0 Å². The third kappa shape index (κ3) is 2.67. The van der Waals surface area contributed by atoms with Crippen LogP contribution in [-0.4, -0.2) is 26.1 Å². The number of aromatic amines is 1. The lowest BCUT2D eigenvalue weighted by atomic mass is 10.1. The average molecular weight is 344 g/mol. The molecule has 3 aromatic heterocycles. The van der Waals surface area contributed by atoms with Crippen LogP contribution >= 0.6 is 0 Å². The molecule has 0 aliphatic heterocycles. The second-order valence-corrected chi connectivity index (χ2v) is 5.60. The van der Waals surface area contributed by atoms with Crippen molar-refractivity contribution in [3.05, 3.63) is 60.1 Å². The molecule has 8 nitrogen and oxygen atoms in total. The Labute approximate surface area is 147 Å². The molecule has 2 N–H and O–H groups in total. The summed E-state index contributed by atoms with van der Waals surface area (Å²) in [7, 11) is 0. The van der Waals surface area contributed by atoms with Crippen molar-refractivity contribution >= 4 is 22.5 Å². The van der Waals surface area contributed by atoms with Gasteiger partial charge in [-0.2, -0.15) is 10.4 Å². The fourth-order valence-corrected chi connectivity index (χ4v) is 2.62. The van der Waals surface area contributed by atoms with Crippen LogP contribution in [0.15, 0.2) is 47.4 Å². The molecule has 0 saturated heterocycles. The van der Waals surface area contributed by atoms with Crippen molar-refractivity contribution in [2.75, 3.05) is 5.32 Å². The summed E-state index contributed by atoms with van der Waals surface area (Å²) in [5, 5.41) is 19.8. The number of hydrogen-bond donors (Lipinski definition) is 2. The van der Waals surface area contributed by atoms with Gasteiger partial charge in [-0.1, -0.05) is 0 Å². The van der Waals surface area contributed by atoms with Gasteiger partial charge in [0.25, 0.3) is 5.91 Å². The van der Waals surface area contributed by atoms with Crippen molar-refractivity contribution in [3.8, 4) is 17.3 Å². The third-order valence-electron chi connectivity index (χ3n) is 3.90. The predicted molar refractivity (Wildman–Crippen MR) is 93.2 cm³/mol. The largest absolute Gasteiger partial charge is 0.472 e. The Kier molecular flexibility index (Phi) is 3.67. The number of rotatable bonds is 3. The Morgan fingerprint density at radius 1 is 1.35 bits per heavy atom. The predicted octanol–water partition coefficient (Wildman–Crippen LogP) is 3.05. The number of H-pyrrole nitrogens is 1. The number of benzene rings is 1. The molecule has 0 radical (unpaired) electrons. The topological polar surface area (TPSA) is 120 Å². The maximum absolute atomic E-state index is 12.5. The van der Waals surface area contributed by atoms with E-state index in [0.29, 0.717) is 11.4 Å². The Hall–Kier alpha value is -3.99. The summed E-state index contributed by atoms with van der Waals surface area (Å²) in [5.41, 5.74) is 3.64. The number of amides is 1.